The molecule has 0 amide bonds. The Morgan fingerprint density at radius 2 is 2.38 bits per heavy atom. The molecule has 0 aliphatic carbocycles. The second-order valence-corrected chi connectivity index (χ2v) is 2.83. The molecule has 3 heteroatoms. The van der Waals surface area contributed by atoms with Crippen molar-refractivity contribution in [3.8, 4) is 6.07 Å². The van der Waals surface area contributed by atoms with Crippen LogP contribution < -0.4 is 0 Å². The molecular weight excluding hydrogens is 162 g/mol. The van der Waals surface area contributed by atoms with Crippen LogP contribution >= 0.6 is 0 Å². The van der Waals surface area contributed by atoms with Gasteiger partial charge in [0.25, 0.3) is 0 Å². The van der Waals surface area contributed by atoms with Crippen LogP contribution in [0.5, 0.6) is 0 Å². The van der Waals surface area contributed by atoms with E-state index in [0.717, 1.165) is 17.6 Å². The van der Waals surface area contributed by atoms with Gasteiger partial charge in [-0.05, 0) is 18.2 Å². The third-order valence-electron chi connectivity index (χ3n) is 1.99. The van der Waals surface area contributed by atoms with E-state index in [-0.39, 0.29) is 0 Å². The highest BCUT2D eigenvalue weighted by Gasteiger charge is 1.99. The Morgan fingerprint density at radius 3 is 3.23 bits per heavy atom. The second-order valence-electron chi connectivity index (χ2n) is 2.83. The lowest BCUT2D eigenvalue weighted by molar-refractivity contribution is 0.737. The molecule has 0 N–H and O–H groups in total. The molecule has 0 unspecified atom stereocenters. The predicted molar refractivity (Wildman–Crippen MR) is 50.0 cm³/mol. The standard InChI is InChI=1S/C10H9N3/c11-5-2-7-13-8-4-9-3-1-6-12-10(9)13/h1,3-4,6,8H,2,7H2. The third kappa shape index (κ3) is 1.38. The van der Waals surface area contributed by atoms with Crippen molar-refractivity contribution in [2.75, 3.05) is 0 Å². The third-order valence-corrected chi connectivity index (χ3v) is 1.99. The first-order chi connectivity index (χ1) is 6.42. The highest BCUT2D eigenvalue weighted by atomic mass is 15.0. The maximum Gasteiger partial charge on any atom is 0.139 e. The van der Waals surface area contributed by atoms with Crippen molar-refractivity contribution in [2.24, 2.45) is 0 Å². The van der Waals surface area contributed by atoms with Gasteiger partial charge in [-0.1, -0.05) is 0 Å². The smallest absolute Gasteiger partial charge is 0.139 e. The molecule has 0 aliphatic heterocycles. The average molecular weight is 171 g/mol. The minimum Gasteiger partial charge on any atom is -0.331 e. The van der Waals surface area contributed by atoms with Crippen LogP contribution in [-0.4, -0.2) is 9.55 Å². The van der Waals surface area contributed by atoms with Gasteiger partial charge in [-0.25, -0.2) is 4.98 Å². The molecule has 0 aliphatic rings. The second kappa shape index (κ2) is 3.28. The van der Waals surface area contributed by atoms with E-state index < -0.39 is 0 Å². The van der Waals surface area contributed by atoms with Crippen LogP contribution in [0.4, 0.5) is 0 Å². The molecule has 2 aromatic rings. The first kappa shape index (κ1) is 7.81. The molecular formula is C10H9N3. The molecule has 64 valence electrons. The van der Waals surface area contributed by atoms with Crippen LogP contribution in [0, 0.1) is 11.3 Å². The summed E-state index contributed by atoms with van der Waals surface area (Å²) in [6, 6.07) is 8.07. The van der Waals surface area contributed by atoms with Gasteiger partial charge in [-0.2, -0.15) is 5.26 Å². The number of rotatable bonds is 2. The monoisotopic (exact) mass is 171 g/mol. The van der Waals surface area contributed by atoms with Crippen LogP contribution in [0.15, 0.2) is 30.6 Å². The van der Waals surface area contributed by atoms with Gasteiger partial charge in [0.15, 0.2) is 0 Å². The molecule has 0 radical (unpaired) electrons. The van der Waals surface area contributed by atoms with Crippen molar-refractivity contribution >= 4 is 11.0 Å². The van der Waals surface area contributed by atoms with Gasteiger partial charge in [0.05, 0.1) is 12.5 Å². The first-order valence-electron chi connectivity index (χ1n) is 4.18. The van der Waals surface area contributed by atoms with E-state index in [1.165, 1.54) is 0 Å². The highest BCUT2D eigenvalue weighted by molar-refractivity contribution is 5.75. The normalized spacial score (nSPS) is 10.1. The number of hydrogen-bond acceptors (Lipinski definition) is 2. The SMILES string of the molecule is N#CCCn1ccc2cccnc21. The number of aromatic nitrogens is 2. The predicted octanol–water partition coefficient (Wildman–Crippen LogP) is 1.95. The number of nitrogens with zero attached hydrogens (tertiary/aromatic N) is 3. The Kier molecular flexibility index (Phi) is 1.97. The Labute approximate surface area is 76.2 Å². The van der Waals surface area contributed by atoms with E-state index in [2.05, 4.69) is 11.1 Å². The molecule has 0 fully saturated rings. The zero-order chi connectivity index (χ0) is 9.10. The summed E-state index contributed by atoms with van der Waals surface area (Å²) in [6.07, 6.45) is 4.26. The molecule has 0 saturated heterocycles. The van der Waals surface area contributed by atoms with Crippen LogP contribution in [0.2, 0.25) is 0 Å². The summed E-state index contributed by atoms with van der Waals surface area (Å²) in [4.78, 5) is 4.25. The van der Waals surface area contributed by atoms with Gasteiger partial charge in [-0.3, -0.25) is 0 Å². The fourth-order valence-corrected chi connectivity index (χ4v) is 1.37. The average Bonchev–Trinajstić information content (AvgIpc) is 2.58. The van der Waals surface area contributed by atoms with Gasteiger partial charge in [0, 0.05) is 24.3 Å². The fraction of sp³-hybridized carbons (Fsp3) is 0.200. The largest absolute Gasteiger partial charge is 0.331 e. The number of pyridine rings is 1. The van der Waals surface area contributed by atoms with Crippen molar-refractivity contribution in [1.82, 2.24) is 9.55 Å². The zero-order valence-electron chi connectivity index (χ0n) is 7.14. The van der Waals surface area contributed by atoms with Crippen molar-refractivity contribution in [1.29, 1.82) is 5.26 Å². The maximum absolute atomic E-state index is 8.45. The lowest BCUT2D eigenvalue weighted by atomic mass is 10.3. The van der Waals surface area contributed by atoms with E-state index in [0.29, 0.717) is 6.42 Å². The summed E-state index contributed by atoms with van der Waals surface area (Å²) in [5, 5.41) is 9.58. The summed E-state index contributed by atoms with van der Waals surface area (Å²) in [6.45, 7) is 0.719. The first-order valence-corrected chi connectivity index (χ1v) is 4.18. The number of hydrogen-bond donors (Lipinski definition) is 0. The van der Waals surface area contributed by atoms with Gasteiger partial charge in [-0.15, -0.1) is 0 Å². The minimum atomic E-state index is 0.528. The molecule has 2 aromatic heterocycles. The molecule has 3 nitrogen and oxygen atoms in total. The van der Waals surface area contributed by atoms with Crippen LogP contribution in [0.1, 0.15) is 6.42 Å². The topological polar surface area (TPSA) is 41.6 Å². The zero-order valence-corrected chi connectivity index (χ0v) is 7.14. The number of aryl methyl sites for hydroxylation is 1. The number of nitriles is 1. The van der Waals surface area contributed by atoms with E-state index in [1.54, 1.807) is 6.20 Å². The summed E-state index contributed by atoms with van der Waals surface area (Å²) < 4.78 is 2.00. The lowest BCUT2D eigenvalue weighted by Crippen LogP contribution is -1.95. The van der Waals surface area contributed by atoms with E-state index in [1.807, 2.05) is 29.0 Å². The Balaban J connectivity index is 2.41. The summed E-state index contributed by atoms with van der Waals surface area (Å²) in [7, 11) is 0. The Bertz CT molecular complexity index is 450. The maximum atomic E-state index is 8.45. The molecule has 0 saturated carbocycles. The molecule has 0 bridgehead atoms. The minimum absolute atomic E-state index is 0.528. The quantitative estimate of drug-likeness (QED) is 0.693. The van der Waals surface area contributed by atoms with Gasteiger partial charge < -0.3 is 4.57 Å². The van der Waals surface area contributed by atoms with Crippen LogP contribution in [-0.2, 0) is 6.54 Å². The summed E-state index contributed by atoms with van der Waals surface area (Å²) in [5.41, 5.74) is 0.956. The Morgan fingerprint density at radius 1 is 1.46 bits per heavy atom. The highest BCUT2D eigenvalue weighted by Crippen LogP contribution is 2.12. The van der Waals surface area contributed by atoms with E-state index >= 15 is 0 Å². The van der Waals surface area contributed by atoms with Crippen molar-refractivity contribution in [3.05, 3.63) is 30.6 Å². The van der Waals surface area contributed by atoms with Crippen molar-refractivity contribution in [2.45, 2.75) is 13.0 Å². The Hall–Kier alpha value is -1.82. The fourth-order valence-electron chi connectivity index (χ4n) is 1.37. The van der Waals surface area contributed by atoms with Gasteiger partial charge in [0.2, 0.25) is 0 Å². The van der Waals surface area contributed by atoms with Crippen LogP contribution in [0.3, 0.4) is 0 Å². The molecule has 0 spiro atoms. The van der Waals surface area contributed by atoms with Gasteiger partial charge >= 0.3 is 0 Å². The molecule has 0 atom stereocenters. The van der Waals surface area contributed by atoms with Crippen molar-refractivity contribution in [3.63, 3.8) is 0 Å². The molecule has 13 heavy (non-hydrogen) atoms. The van der Waals surface area contributed by atoms with Crippen molar-refractivity contribution < 1.29 is 0 Å². The molecule has 2 heterocycles. The number of fused-ring (bicyclic) bond motifs is 1. The van der Waals surface area contributed by atoms with E-state index in [4.69, 9.17) is 5.26 Å². The molecule has 2 rings (SSSR count). The molecule has 0 aromatic carbocycles. The van der Waals surface area contributed by atoms with E-state index in [9.17, 15) is 0 Å². The van der Waals surface area contributed by atoms with Crippen LogP contribution in [0.25, 0.3) is 11.0 Å². The van der Waals surface area contributed by atoms with Gasteiger partial charge in [0.1, 0.15) is 5.65 Å². The summed E-state index contributed by atoms with van der Waals surface area (Å²) in [5.74, 6) is 0. The lowest BCUT2D eigenvalue weighted by Gasteiger charge is -1.99. The summed E-state index contributed by atoms with van der Waals surface area (Å²) >= 11 is 0.